The van der Waals surface area contributed by atoms with Crippen molar-refractivity contribution in [3.05, 3.63) is 29.8 Å². The fourth-order valence-corrected chi connectivity index (χ4v) is 1.53. The molecule has 0 fully saturated rings. The number of benzene rings is 1. The molecule has 17 heavy (non-hydrogen) atoms. The maximum Gasteiger partial charge on any atom is 0.346 e. The third-order valence-electron chi connectivity index (χ3n) is 2.91. The van der Waals surface area contributed by atoms with Crippen LogP contribution in [0, 0.1) is 0 Å². The zero-order chi connectivity index (χ0) is 12.8. The van der Waals surface area contributed by atoms with Crippen LogP contribution < -0.4 is 4.74 Å². The second-order valence-corrected chi connectivity index (χ2v) is 4.16. The Bertz CT molecular complexity index is 356. The first-order valence-electron chi connectivity index (χ1n) is 5.93. The van der Waals surface area contributed by atoms with E-state index in [1.807, 2.05) is 24.3 Å². The Balaban J connectivity index is 2.65. The summed E-state index contributed by atoms with van der Waals surface area (Å²) in [7, 11) is 1.36. The molecular weight excluding hydrogens is 216 g/mol. The highest BCUT2D eigenvalue weighted by Gasteiger charge is 2.14. The smallest absolute Gasteiger partial charge is 0.346 e. The Kier molecular flexibility index (Phi) is 5.01. The van der Waals surface area contributed by atoms with Gasteiger partial charge < -0.3 is 9.47 Å². The minimum Gasteiger partial charge on any atom is -0.479 e. The summed E-state index contributed by atoms with van der Waals surface area (Å²) in [5.41, 5.74) is 1.28. The number of ether oxygens (including phenoxy) is 2. The molecule has 0 aliphatic carbocycles. The number of carbonyl (C=O) groups excluding carboxylic acids is 1. The van der Waals surface area contributed by atoms with Crippen molar-refractivity contribution in [3.63, 3.8) is 0 Å². The van der Waals surface area contributed by atoms with Crippen LogP contribution in [-0.4, -0.2) is 19.2 Å². The fourth-order valence-electron chi connectivity index (χ4n) is 1.53. The molecule has 3 nitrogen and oxygen atoms in total. The van der Waals surface area contributed by atoms with E-state index in [9.17, 15) is 4.79 Å². The van der Waals surface area contributed by atoms with Crippen molar-refractivity contribution in [2.45, 2.75) is 39.2 Å². The maximum absolute atomic E-state index is 11.2. The summed E-state index contributed by atoms with van der Waals surface area (Å²) in [6.07, 6.45) is 0.535. The summed E-state index contributed by atoms with van der Waals surface area (Å²) in [6, 6.07) is 7.85. The van der Waals surface area contributed by atoms with Gasteiger partial charge in [-0.05, 0) is 37.0 Å². The van der Waals surface area contributed by atoms with Gasteiger partial charge in [0.05, 0.1) is 7.11 Å². The second kappa shape index (κ2) is 6.28. The summed E-state index contributed by atoms with van der Waals surface area (Å²) >= 11 is 0. The largest absolute Gasteiger partial charge is 0.479 e. The zero-order valence-electron chi connectivity index (χ0n) is 10.9. The summed E-state index contributed by atoms with van der Waals surface area (Å²) in [5.74, 6) is 0.869. The van der Waals surface area contributed by atoms with Gasteiger partial charge in [0.2, 0.25) is 0 Å². The first-order chi connectivity index (χ1) is 8.08. The van der Waals surface area contributed by atoms with Gasteiger partial charge in [-0.3, -0.25) is 0 Å². The molecule has 0 amide bonds. The van der Waals surface area contributed by atoms with Gasteiger partial charge in [0, 0.05) is 0 Å². The summed E-state index contributed by atoms with van der Waals surface area (Å²) < 4.78 is 10.1. The average Bonchev–Trinajstić information content (AvgIpc) is 2.37. The van der Waals surface area contributed by atoms with E-state index in [0.717, 1.165) is 6.42 Å². The Hall–Kier alpha value is -1.51. The van der Waals surface area contributed by atoms with Gasteiger partial charge in [-0.1, -0.05) is 26.0 Å². The molecule has 0 saturated heterocycles. The highest BCUT2D eigenvalue weighted by molar-refractivity contribution is 5.74. The zero-order valence-corrected chi connectivity index (χ0v) is 10.9. The Labute approximate surface area is 103 Å². The summed E-state index contributed by atoms with van der Waals surface area (Å²) in [5, 5.41) is 0. The van der Waals surface area contributed by atoms with Crippen LogP contribution in [0.25, 0.3) is 0 Å². The molecule has 3 heteroatoms. The van der Waals surface area contributed by atoms with Gasteiger partial charge in [0.1, 0.15) is 5.75 Å². The molecule has 2 atom stereocenters. The van der Waals surface area contributed by atoms with Crippen molar-refractivity contribution in [2.24, 2.45) is 0 Å². The number of rotatable bonds is 5. The Morgan fingerprint density at radius 2 is 1.82 bits per heavy atom. The van der Waals surface area contributed by atoms with E-state index >= 15 is 0 Å². The third kappa shape index (κ3) is 3.77. The van der Waals surface area contributed by atoms with Crippen LogP contribution in [0.3, 0.4) is 0 Å². The molecule has 94 valence electrons. The Morgan fingerprint density at radius 1 is 1.24 bits per heavy atom. The van der Waals surface area contributed by atoms with E-state index in [2.05, 4.69) is 18.6 Å². The van der Waals surface area contributed by atoms with Crippen LogP contribution in [0.1, 0.15) is 38.7 Å². The minimum absolute atomic E-state index is 0.365. The first-order valence-corrected chi connectivity index (χ1v) is 5.93. The lowest BCUT2D eigenvalue weighted by molar-refractivity contribution is -0.147. The van der Waals surface area contributed by atoms with Crippen molar-refractivity contribution >= 4 is 5.97 Å². The second-order valence-electron chi connectivity index (χ2n) is 4.16. The van der Waals surface area contributed by atoms with Gasteiger partial charge in [0.25, 0.3) is 0 Å². The molecule has 0 radical (unpaired) electrons. The number of hydrogen-bond acceptors (Lipinski definition) is 3. The molecule has 0 N–H and O–H groups in total. The number of esters is 1. The van der Waals surface area contributed by atoms with Gasteiger partial charge >= 0.3 is 5.97 Å². The predicted molar refractivity (Wildman–Crippen MR) is 67.3 cm³/mol. The minimum atomic E-state index is -0.575. The molecule has 0 heterocycles. The lowest BCUT2D eigenvalue weighted by Crippen LogP contribution is -2.24. The lowest BCUT2D eigenvalue weighted by Gasteiger charge is -2.14. The van der Waals surface area contributed by atoms with E-state index in [1.54, 1.807) is 6.92 Å². The normalized spacial score (nSPS) is 13.9. The topological polar surface area (TPSA) is 35.5 Å². The monoisotopic (exact) mass is 236 g/mol. The van der Waals surface area contributed by atoms with Gasteiger partial charge in [-0.25, -0.2) is 4.79 Å². The maximum atomic E-state index is 11.2. The fraction of sp³-hybridized carbons (Fsp3) is 0.500. The van der Waals surface area contributed by atoms with Crippen LogP contribution in [0.15, 0.2) is 24.3 Å². The highest BCUT2D eigenvalue weighted by Crippen LogP contribution is 2.22. The summed E-state index contributed by atoms with van der Waals surface area (Å²) in [6.45, 7) is 6.02. The first kappa shape index (κ1) is 13.6. The van der Waals surface area contributed by atoms with E-state index in [1.165, 1.54) is 12.7 Å². The van der Waals surface area contributed by atoms with Crippen molar-refractivity contribution in [1.82, 2.24) is 0 Å². The summed E-state index contributed by atoms with van der Waals surface area (Å²) in [4.78, 5) is 11.2. The number of methoxy groups -OCH3 is 1. The molecule has 2 unspecified atom stereocenters. The van der Waals surface area contributed by atoms with Gasteiger partial charge in [0.15, 0.2) is 6.10 Å². The van der Waals surface area contributed by atoms with Gasteiger partial charge in [-0.15, -0.1) is 0 Å². The number of carbonyl (C=O) groups is 1. The van der Waals surface area contributed by atoms with E-state index in [0.29, 0.717) is 11.7 Å². The van der Waals surface area contributed by atoms with E-state index in [4.69, 9.17) is 4.74 Å². The van der Waals surface area contributed by atoms with Gasteiger partial charge in [-0.2, -0.15) is 0 Å². The SMILES string of the molecule is CCC(C)c1ccc(OC(C)C(=O)OC)cc1. The predicted octanol–water partition coefficient (Wildman–Crippen LogP) is 3.14. The molecule has 1 aromatic rings. The van der Waals surface area contributed by atoms with Crippen LogP contribution in [0.4, 0.5) is 0 Å². The molecule has 1 rings (SSSR count). The van der Waals surface area contributed by atoms with Crippen LogP contribution in [0.5, 0.6) is 5.75 Å². The highest BCUT2D eigenvalue weighted by atomic mass is 16.6. The van der Waals surface area contributed by atoms with E-state index < -0.39 is 6.10 Å². The van der Waals surface area contributed by atoms with E-state index in [-0.39, 0.29) is 5.97 Å². The van der Waals surface area contributed by atoms with Crippen LogP contribution >= 0.6 is 0 Å². The van der Waals surface area contributed by atoms with Crippen LogP contribution in [0.2, 0.25) is 0 Å². The molecule has 0 aliphatic heterocycles. The Morgan fingerprint density at radius 3 is 2.29 bits per heavy atom. The van der Waals surface area contributed by atoms with Crippen LogP contribution in [-0.2, 0) is 9.53 Å². The number of hydrogen-bond donors (Lipinski definition) is 0. The van der Waals surface area contributed by atoms with Crippen molar-refractivity contribution in [2.75, 3.05) is 7.11 Å². The quantitative estimate of drug-likeness (QED) is 0.737. The molecule has 0 aromatic heterocycles. The third-order valence-corrected chi connectivity index (χ3v) is 2.91. The molecule has 0 bridgehead atoms. The average molecular weight is 236 g/mol. The molecular formula is C14H20O3. The van der Waals surface area contributed by atoms with Crippen molar-refractivity contribution < 1.29 is 14.3 Å². The molecule has 0 aliphatic rings. The molecule has 0 saturated carbocycles. The van der Waals surface area contributed by atoms with Crippen molar-refractivity contribution in [1.29, 1.82) is 0 Å². The standard InChI is InChI=1S/C14H20O3/c1-5-10(2)12-6-8-13(9-7-12)17-11(3)14(15)16-4/h6-11H,5H2,1-4H3. The lowest BCUT2D eigenvalue weighted by atomic mass is 9.99. The molecule has 0 spiro atoms. The molecule has 1 aromatic carbocycles. The van der Waals surface area contributed by atoms with Crippen molar-refractivity contribution in [3.8, 4) is 5.75 Å².